The third-order valence-corrected chi connectivity index (χ3v) is 9.29. The Hall–Kier alpha value is -4.29. The van der Waals surface area contributed by atoms with E-state index in [1.165, 1.54) is 29.1 Å². The summed E-state index contributed by atoms with van der Waals surface area (Å²) >= 11 is 0. The van der Waals surface area contributed by atoms with Gasteiger partial charge in [-0.05, 0) is 67.9 Å². The van der Waals surface area contributed by atoms with Crippen LogP contribution in [0.4, 0.5) is 20.2 Å². The molecule has 0 amide bonds. The van der Waals surface area contributed by atoms with Gasteiger partial charge >= 0.3 is 10.2 Å². The number of nitriles is 1. The summed E-state index contributed by atoms with van der Waals surface area (Å²) in [6.07, 6.45) is 0.201. The van der Waals surface area contributed by atoms with Gasteiger partial charge in [-0.15, -0.1) is 12.4 Å². The molecule has 15 heteroatoms. The van der Waals surface area contributed by atoms with E-state index in [4.69, 9.17) is 4.74 Å². The van der Waals surface area contributed by atoms with Crippen molar-refractivity contribution in [2.75, 3.05) is 42.3 Å². The molecule has 0 bridgehead atoms. The monoisotopic (exact) mass is 657 g/mol. The Bertz CT molecular complexity index is 1940. The standard InChI is InChI=1S/C30H29F2N7O4S.ClH/c1-19-16-34-11-13-38(19)21-2-4-22(5-3-21)39-18-35-27-8-6-23(14-24(27)30(39)40)43-29-25(15-33)28(9-7-26(29)32)36-44(41,42)37-12-10-20(31)17-37;/h2-9,14,18-20,34,36H,10-13,16-17H2,1H3;1H/t19-,20?;/m0./s1. The summed E-state index contributed by atoms with van der Waals surface area (Å²) in [7, 11) is -4.20. The number of rotatable bonds is 7. The minimum Gasteiger partial charge on any atom is -0.453 e. The van der Waals surface area contributed by atoms with E-state index in [9.17, 15) is 27.3 Å². The molecule has 3 heterocycles. The molecule has 2 N–H and O–H groups in total. The second-order valence-corrected chi connectivity index (χ2v) is 12.4. The maximum absolute atomic E-state index is 15.0. The van der Waals surface area contributed by atoms with E-state index in [0.29, 0.717) is 17.2 Å². The van der Waals surface area contributed by atoms with Crippen LogP contribution in [0.3, 0.4) is 0 Å². The molecule has 1 unspecified atom stereocenters. The van der Waals surface area contributed by atoms with E-state index in [-0.39, 0.29) is 54.3 Å². The van der Waals surface area contributed by atoms with Crippen LogP contribution in [0.25, 0.3) is 16.6 Å². The van der Waals surface area contributed by atoms with E-state index in [0.717, 1.165) is 41.8 Å². The third kappa shape index (κ3) is 6.43. The van der Waals surface area contributed by atoms with Crippen LogP contribution in [0.5, 0.6) is 11.5 Å². The molecule has 11 nitrogen and oxygen atoms in total. The summed E-state index contributed by atoms with van der Waals surface area (Å²) < 4.78 is 64.4. The number of anilines is 2. The predicted octanol–water partition coefficient (Wildman–Crippen LogP) is 4.11. The molecule has 0 radical (unpaired) electrons. The van der Waals surface area contributed by atoms with Crippen molar-refractivity contribution in [2.45, 2.75) is 25.6 Å². The molecule has 1 aromatic heterocycles. The van der Waals surface area contributed by atoms with Gasteiger partial charge < -0.3 is 15.0 Å². The van der Waals surface area contributed by atoms with Gasteiger partial charge in [0.25, 0.3) is 5.56 Å². The summed E-state index contributed by atoms with van der Waals surface area (Å²) in [5.41, 5.74) is 1.01. The lowest BCUT2D eigenvalue weighted by Gasteiger charge is -2.36. The second-order valence-electron chi connectivity index (χ2n) is 10.7. The van der Waals surface area contributed by atoms with Crippen LogP contribution in [0.1, 0.15) is 18.9 Å². The zero-order valence-corrected chi connectivity index (χ0v) is 25.7. The summed E-state index contributed by atoms with van der Waals surface area (Å²) in [6, 6.07) is 16.2. The molecule has 0 aliphatic carbocycles. The molecule has 2 aliphatic rings. The molecular formula is C30H30ClF2N7O4S. The van der Waals surface area contributed by atoms with Crippen LogP contribution >= 0.6 is 12.4 Å². The van der Waals surface area contributed by atoms with Gasteiger partial charge in [0.05, 0.1) is 22.3 Å². The Labute approximate surface area is 264 Å². The van der Waals surface area contributed by atoms with Gasteiger partial charge in [-0.3, -0.25) is 14.1 Å². The number of piperazine rings is 1. The van der Waals surface area contributed by atoms with Gasteiger partial charge in [0.2, 0.25) is 0 Å². The number of aromatic nitrogens is 2. The highest BCUT2D eigenvalue weighted by Gasteiger charge is 2.32. The van der Waals surface area contributed by atoms with E-state index in [2.05, 4.69) is 26.8 Å². The number of fused-ring (bicyclic) bond motifs is 1. The predicted molar refractivity (Wildman–Crippen MR) is 169 cm³/mol. The maximum atomic E-state index is 15.0. The number of ether oxygens (including phenoxy) is 1. The summed E-state index contributed by atoms with van der Waals surface area (Å²) in [5, 5.41) is 13.4. The lowest BCUT2D eigenvalue weighted by atomic mass is 10.1. The zero-order valence-electron chi connectivity index (χ0n) is 24.1. The average Bonchev–Trinajstić information content (AvgIpc) is 3.47. The number of hydrogen-bond donors (Lipinski definition) is 2. The van der Waals surface area contributed by atoms with Crippen molar-refractivity contribution in [3.63, 3.8) is 0 Å². The lowest BCUT2D eigenvalue weighted by molar-refractivity contribution is 0.343. The molecule has 236 valence electrons. The second kappa shape index (κ2) is 13.0. The van der Waals surface area contributed by atoms with E-state index < -0.39 is 33.5 Å². The molecule has 0 saturated carbocycles. The number of halogens is 3. The lowest BCUT2D eigenvalue weighted by Crippen LogP contribution is -2.49. The van der Waals surface area contributed by atoms with Gasteiger partial charge in [-0.25, -0.2) is 13.8 Å². The van der Waals surface area contributed by atoms with Crippen LogP contribution in [-0.4, -0.2) is 67.2 Å². The summed E-state index contributed by atoms with van der Waals surface area (Å²) in [5.74, 6) is -1.41. The van der Waals surface area contributed by atoms with Crippen LogP contribution < -0.4 is 25.2 Å². The Morgan fingerprint density at radius 1 is 1.11 bits per heavy atom. The van der Waals surface area contributed by atoms with E-state index in [1.54, 1.807) is 6.07 Å². The molecule has 2 aliphatic heterocycles. The first-order chi connectivity index (χ1) is 21.1. The molecule has 3 aromatic carbocycles. The normalized spacial score (nSPS) is 18.8. The molecule has 2 saturated heterocycles. The fourth-order valence-electron chi connectivity index (χ4n) is 5.46. The van der Waals surface area contributed by atoms with Crippen molar-refractivity contribution in [1.29, 1.82) is 5.26 Å². The topological polar surface area (TPSA) is 133 Å². The molecule has 6 rings (SSSR count). The van der Waals surface area contributed by atoms with Crippen LogP contribution in [0.15, 0.2) is 65.7 Å². The van der Waals surface area contributed by atoms with Gasteiger partial charge in [0.15, 0.2) is 11.6 Å². The average molecular weight is 658 g/mol. The van der Waals surface area contributed by atoms with E-state index in [1.807, 2.05) is 24.3 Å². The van der Waals surface area contributed by atoms with Gasteiger partial charge in [-0.2, -0.15) is 18.0 Å². The SMILES string of the molecule is C[C@H]1CNCCN1c1ccc(-n2cnc3ccc(Oc4c(F)ccc(NS(=O)(=O)N5CCC(F)C5)c4C#N)cc3c2=O)cc1.Cl. The first-order valence-electron chi connectivity index (χ1n) is 14.1. The minimum atomic E-state index is -4.20. The van der Waals surface area contributed by atoms with Crippen LogP contribution in [0, 0.1) is 17.1 Å². The number of benzene rings is 3. The summed E-state index contributed by atoms with van der Waals surface area (Å²) in [4.78, 5) is 20.2. The number of hydrogen-bond acceptors (Lipinski definition) is 8. The minimum absolute atomic E-state index is 0. The maximum Gasteiger partial charge on any atom is 0.301 e. The third-order valence-electron chi connectivity index (χ3n) is 7.80. The molecule has 2 fully saturated rings. The highest BCUT2D eigenvalue weighted by molar-refractivity contribution is 7.90. The van der Waals surface area contributed by atoms with Crippen molar-refractivity contribution in [2.24, 2.45) is 0 Å². The van der Waals surface area contributed by atoms with E-state index >= 15 is 0 Å². The van der Waals surface area contributed by atoms with Gasteiger partial charge in [0.1, 0.15) is 29.9 Å². The van der Waals surface area contributed by atoms with Crippen LogP contribution in [0.2, 0.25) is 0 Å². The molecule has 2 atom stereocenters. The first-order valence-corrected chi connectivity index (χ1v) is 15.5. The van der Waals surface area contributed by atoms with Gasteiger partial charge in [0, 0.05) is 44.5 Å². The van der Waals surface area contributed by atoms with Crippen LogP contribution in [-0.2, 0) is 10.2 Å². The highest BCUT2D eigenvalue weighted by atomic mass is 35.5. The quantitative estimate of drug-likeness (QED) is 0.304. The molecule has 0 spiro atoms. The molecule has 4 aromatic rings. The van der Waals surface area contributed by atoms with Crippen molar-refractivity contribution in [3.8, 4) is 23.3 Å². The molecular weight excluding hydrogens is 628 g/mol. The summed E-state index contributed by atoms with van der Waals surface area (Å²) in [6.45, 7) is 4.47. The number of nitrogens with zero attached hydrogens (tertiary/aromatic N) is 5. The van der Waals surface area contributed by atoms with Crippen molar-refractivity contribution in [1.82, 2.24) is 19.2 Å². The van der Waals surface area contributed by atoms with Gasteiger partial charge in [-0.1, -0.05) is 0 Å². The Morgan fingerprint density at radius 2 is 1.87 bits per heavy atom. The van der Waals surface area contributed by atoms with Crippen molar-refractivity contribution >= 4 is 44.9 Å². The smallest absolute Gasteiger partial charge is 0.301 e. The Balaban J connectivity index is 0.00000400. The fourth-order valence-corrected chi connectivity index (χ4v) is 6.74. The van der Waals surface area contributed by atoms with Crippen molar-refractivity contribution in [3.05, 3.63) is 82.7 Å². The fraction of sp³-hybridized carbons (Fsp3) is 0.300. The number of alkyl halides is 1. The zero-order chi connectivity index (χ0) is 31.0. The first kappa shape index (κ1) is 32.1. The largest absolute Gasteiger partial charge is 0.453 e. The molecule has 45 heavy (non-hydrogen) atoms. The number of nitrogens with one attached hydrogen (secondary N) is 2. The van der Waals surface area contributed by atoms with Crippen molar-refractivity contribution < 1.29 is 21.9 Å². The Kier molecular flexibility index (Phi) is 9.26. The Morgan fingerprint density at radius 3 is 2.56 bits per heavy atom. The highest BCUT2D eigenvalue weighted by Crippen LogP contribution is 2.34.